The Morgan fingerprint density at radius 2 is 1.81 bits per heavy atom. The van der Waals surface area contributed by atoms with Crippen LogP contribution in [0.4, 0.5) is 4.79 Å². The summed E-state index contributed by atoms with van der Waals surface area (Å²) in [6.07, 6.45) is -0.644. The van der Waals surface area contributed by atoms with Crippen LogP contribution in [0.1, 0.15) is 27.7 Å². The third kappa shape index (κ3) is 5.95. The van der Waals surface area contributed by atoms with Crippen molar-refractivity contribution in [2.24, 2.45) is 0 Å². The normalized spacial score (nSPS) is 14.9. The number of hydrogen-bond donors (Lipinski definition) is 1. The first-order valence-electron chi connectivity index (χ1n) is 4.89. The molecule has 0 saturated carbocycles. The molecule has 6 heteroatoms. The minimum atomic E-state index is -0.764. The second-order valence-corrected chi connectivity index (χ2v) is 5.77. The van der Waals surface area contributed by atoms with E-state index in [0.717, 1.165) is 0 Å². The molecule has 0 unspecified atom stereocenters. The Labute approximate surface area is 104 Å². The van der Waals surface area contributed by atoms with Crippen LogP contribution in [0, 0.1) is 0 Å². The van der Waals surface area contributed by atoms with Crippen molar-refractivity contribution < 1.29 is 19.1 Å². The lowest BCUT2D eigenvalue weighted by Crippen LogP contribution is -2.48. The molecule has 0 aliphatic carbocycles. The van der Waals surface area contributed by atoms with E-state index in [4.69, 9.17) is 4.74 Å². The van der Waals surface area contributed by atoms with Crippen LogP contribution in [-0.2, 0) is 14.3 Å². The molecule has 5 nitrogen and oxygen atoms in total. The molecule has 1 amide bonds. The minimum Gasteiger partial charge on any atom is -0.467 e. The number of esters is 1. The van der Waals surface area contributed by atoms with Gasteiger partial charge in [-0.15, -0.1) is 0 Å². The molecule has 1 N–H and O–H groups in total. The highest BCUT2D eigenvalue weighted by molar-refractivity contribution is 9.09. The standard InChI is InChI=1S/C10H18BrNO4/c1-6(11)7(8(13)15-5)12-9(14)16-10(2,3)4/h6-7H,1-5H3,(H,12,14)/t6-,7-/m0/s1. The highest BCUT2D eigenvalue weighted by atomic mass is 79.9. The second-order valence-electron chi connectivity index (χ2n) is 4.32. The van der Waals surface area contributed by atoms with Crippen molar-refractivity contribution in [3.05, 3.63) is 0 Å². The van der Waals surface area contributed by atoms with Gasteiger partial charge in [-0.3, -0.25) is 0 Å². The van der Waals surface area contributed by atoms with Crippen LogP contribution in [0.2, 0.25) is 0 Å². The van der Waals surface area contributed by atoms with Crippen LogP contribution >= 0.6 is 15.9 Å². The van der Waals surface area contributed by atoms with Crippen molar-refractivity contribution in [2.75, 3.05) is 7.11 Å². The lowest BCUT2D eigenvalue weighted by molar-refractivity contribution is -0.142. The summed E-state index contributed by atoms with van der Waals surface area (Å²) in [5, 5.41) is 2.44. The van der Waals surface area contributed by atoms with Crippen LogP contribution in [0.15, 0.2) is 0 Å². The van der Waals surface area contributed by atoms with Crippen molar-refractivity contribution in [1.29, 1.82) is 0 Å². The van der Waals surface area contributed by atoms with Gasteiger partial charge in [0.05, 0.1) is 7.11 Å². The van der Waals surface area contributed by atoms with Gasteiger partial charge in [-0.05, 0) is 20.8 Å². The maximum atomic E-state index is 11.4. The predicted molar refractivity (Wildman–Crippen MR) is 63.6 cm³/mol. The molecular formula is C10H18BrNO4. The average molecular weight is 296 g/mol. The zero-order valence-corrected chi connectivity index (χ0v) is 11.8. The van der Waals surface area contributed by atoms with Crippen LogP contribution in [0.3, 0.4) is 0 Å². The number of carbonyl (C=O) groups is 2. The number of nitrogens with one attached hydrogen (secondary N) is 1. The van der Waals surface area contributed by atoms with Gasteiger partial charge in [-0.2, -0.15) is 0 Å². The minimum absolute atomic E-state index is 0.243. The lowest BCUT2D eigenvalue weighted by atomic mass is 10.2. The topological polar surface area (TPSA) is 64.6 Å². The number of halogens is 1. The van der Waals surface area contributed by atoms with Gasteiger partial charge in [0, 0.05) is 4.83 Å². The van der Waals surface area contributed by atoms with Gasteiger partial charge in [0.15, 0.2) is 0 Å². The highest BCUT2D eigenvalue weighted by Gasteiger charge is 2.28. The largest absolute Gasteiger partial charge is 0.467 e. The van der Waals surface area contributed by atoms with E-state index in [1.165, 1.54) is 7.11 Å². The molecule has 0 heterocycles. The first-order valence-corrected chi connectivity index (χ1v) is 5.80. The Morgan fingerprint density at radius 1 is 1.31 bits per heavy atom. The first kappa shape index (κ1) is 15.2. The molecule has 0 bridgehead atoms. The monoisotopic (exact) mass is 295 g/mol. The molecule has 0 aromatic carbocycles. The van der Waals surface area contributed by atoms with Crippen molar-refractivity contribution in [2.45, 2.75) is 44.2 Å². The number of amides is 1. The Hall–Kier alpha value is -0.780. The fraction of sp³-hybridized carbons (Fsp3) is 0.800. The summed E-state index contributed by atoms with van der Waals surface area (Å²) in [5.41, 5.74) is -0.597. The molecule has 0 aliphatic rings. The number of alkyl halides is 1. The molecule has 0 aliphatic heterocycles. The maximum absolute atomic E-state index is 11.4. The van der Waals surface area contributed by atoms with E-state index in [9.17, 15) is 9.59 Å². The van der Waals surface area contributed by atoms with E-state index in [-0.39, 0.29) is 4.83 Å². The summed E-state index contributed by atoms with van der Waals surface area (Å²) in [5.74, 6) is -0.518. The van der Waals surface area contributed by atoms with Gasteiger partial charge in [0.1, 0.15) is 11.6 Å². The highest BCUT2D eigenvalue weighted by Crippen LogP contribution is 2.10. The summed E-state index contributed by atoms with van der Waals surface area (Å²) in [6.45, 7) is 6.98. The van der Waals surface area contributed by atoms with Gasteiger partial charge in [0.2, 0.25) is 0 Å². The van der Waals surface area contributed by atoms with Crippen molar-refractivity contribution >= 4 is 28.0 Å². The van der Waals surface area contributed by atoms with Crippen LogP contribution in [0.25, 0.3) is 0 Å². The fourth-order valence-corrected chi connectivity index (χ4v) is 1.27. The first-order chi connectivity index (χ1) is 7.17. The summed E-state index contributed by atoms with van der Waals surface area (Å²) in [4.78, 5) is 22.5. The SMILES string of the molecule is COC(=O)[C@@H](NC(=O)OC(C)(C)C)[C@H](C)Br. The van der Waals surface area contributed by atoms with E-state index in [1.807, 2.05) is 0 Å². The number of carbonyl (C=O) groups excluding carboxylic acids is 2. The Morgan fingerprint density at radius 3 is 2.12 bits per heavy atom. The Kier molecular flexibility index (Phi) is 5.78. The maximum Gasteiger partial charge on any atom is 0.408 e. The Balaban J connectivity index is 4.42. The number of alkyl carbamates (subject to hydrolysis) is 1. The number of hydrogen-bond acceptors (Lipinski definition) is 4. The fourth-order valence-electron chi connectivity index (χ4n) is 0.923. The van der Waals surface area contributed by atoms with Crippen molar-refractivity contribution in [1.82, 2.24) is 5.32 Å². The molecule has 16 heavy (non-hydrogen) atoms. The zero-order chi connectivity index (χ0) is 12.9. The number of ether oxygens (including phenoxy) is 2. The summed E-state index contributed by atoms with van der Waals surface area (Å²) in [6, 6.07) is -0.764. The molecular weight excluding hydrogens is 278 g/mol. The van der Waals surface area contributed by atoms with Gasteiger partial charge in [-0.25, -0.2) is 9.59 Å². The van der Waals surface area contributed by atoms with Crippen molar-refractivity contribution in [3.63, 3.8) is 0 Å². The van der Waals surface area contributed by atoms with E-state index in [2.05, 4.69) is 26.0 Å². The van der Waals surface area contributed by atoms with Crippen LogP contribution in [-0.4, -0.2) is 35.6 Å². The van der Waals surface area contributed by atoms with Gasteiger partial charge in [0.25, 0.3) is 0 Å². The lowest BCUT2D eigenvalue weighted by Gasteiger charge is -2.23. The molecule has 0 fully saturated rings. The van der Waals surface area contributed by atoms with Crippen LogP contribution in [0.5, 0.6) is 0 Å². The van der Waals surface area contributed by atoms with E-state index in [0.29, 0.717) is 0 Å². The van der Waals surface area contributed by atoms with Gasteiger partial charge < -0.3 is 14.8 Å². The van der Waals surface area contributed by atoms with Crippen LogP contribution < -0.4 is 5.32 Å². The van der Waals surface area contributed by atoms with Crippen molar-refractivity contribution in [3.8, 4) is 0 Å². The van der Waals surface area contributed by atoms with E-state index < -0.39 is 23.7 Å². The molecule has 0 aromatic rings. The molecule has 0 radical (unpaired) electrons. The molecule has 2 atom stereocenters. The van der Waals surface area contributed by atoms with Gasteiger partial charge in [-0.1, -0.05) is 22.9 Å². The summed E-state index contributed by atoms with van der Waals surface area (Å²) in [7, 11) is 1.27. The van der Waals surface area contributed by atoms with E-state index >= 15 is 0 Å². The third-order valence-electron chi connectivity index (χ3n) is 1.59. The van der Waals surface area contributed by atoms with E-state index in [1.54, 1.807) is 27.7 Å². The average Bonchev–Trinajstić information content (AvgIpc) is 2.09. The predicted octanol–water partition coefficient (Wildman–Crippen LogP) is 1.84. The molecule has 0 rings (SSSR count). The Bertz CT molecular complexity index is 260. The van der Waals surface area contributed by atoms with Gasteiger partial charge >= 0.3 is 12.1 Å². The summed E-state index contributed by atoms with van der Waals surface area (Å²) >= 11 is 3.22. The zero-order valence-electron chi connectivity index (χ0n) is 10.2. The summed E-state index contributed by atoms with van der Waals surface area (Å²) < 4.78 is 9.60. The quantitative estimate of drug-likeness (QED) is 0.637. The molecule has 0 aromatic heterocycles. The molecule has 0 saturated heterocycles. The number of methoxy groups -OCH3 is 1. The molecule has 94 valence electrons. The number of rotatable bonds is 3. The second kappa shape index (κ2) is 6.08. The molecule has 0 spiro atoms. The third-order valence-corrected chi connectivity index (χ3v) is 2.12. The smallest absolute Gasteiger partial charge is 0.408 e.